The zero-order chi connectivity index (χ0) is 13.0. The maximum Gasteiger partial charge on any atom is 0.270 e. The van der Waals surface area contributed by atoms with Gasteiger partial charge in [-0.05, 0) is 23.8 Å². The molecule has 0 fully saturated rings. The SMILES string of the molecule is O=C(NCc1ccccc1Cl)c1cccc(F)n1. The zero-order valence-electron chi connectivity index (χ0n) is 9.36. The van der Waals surface area contributed by atoms with Crippen LogP contribution in [0.2, 0.25) is 5.02 Å². The average molecular weight is 265 g/mol. The van der Waals surface area contributed by atoms with Gasteiger partial charge in [0.15, 0.2) is 0 Å². The largest absolute Gasteiger partial charge is 0.347 e. The van der Waals surface area contributed by atoms with Gasteiger partial charge in [0.2, 0.25) is 5.95 Å². The summed E-state index contributed by atoms with van der Waals surface area (Å²) in [7, 11) is 0. The third kappa shape index (κ3) is 3.05. The number of carbonyl (C=O) groups excluding carboxylic acids is 1. The number of nitrogens with zero attached hydrogens (tertiary/aromatic N) is 1. The molecule has 1 aromatic heterocycles. The van der Waals surface area contributed by atoms with Crippen LogP contribution < -0.4 is 5.32 Å². The van der Waals surface area contributed by atoms with Crippen molar-refractivity contribution >= 4 is 17.5 Å². The van der Waals surface area contributed by atoms with Crippen LogP contribution in [-0.2, 0) is 6.54 Å². The van der Waals surface area contributed by atoms with Gasteiger partial charge in [0.05, 0.1) is 0 Å². The summed E-state index contributed by atoms with van der Waals surface area (Å²) >= 11 is 5.95. The fraction of sp³-hybridized carbons (Fsp3) is 0.0769. The Hall–Kier alpha value is -1.94. The van der Waals surface area contributed by atoms with Crippen LogP contribution in [0.15, 0.2) is 42.5 Å². The van der Waals surface area contributed by atoms with Crippen molar-refractivity contribution in [2.75, 3.05) is 0 Å². The van der Waals surface area contributed by atoms with Gasteiger partial charge in [0, 0.05) is 11.6 Å². The maximum atomic E-state index is 12.8. The number of rotatable bonds is 3. The highest BCUT2D eigenvalue weighted by molar-refractivity contribution is 6.31. The highest BCUT2D eigenvalue weighted by atomic mass is 35.5. The Morgan fingerprint density at radius 3 is 2.72 bits per heavy atom. The number of nitrogens with one attached hydrogen (secondary N) is 1. The first-order valence-corrected chi connectivity index (χ1v) is 5.69. The molecule has 2 aromatic rings. The molecule has 1 amide bonds. The smallest absolute Gasteiger partial charge is 0.270 e. The van der Waals surface area contributed by atoms with Gasteiger partial charge < -0.3 is 5.32 Å². The molecule has 1 heterocycles. The van der Waals surface area contributed by atoms with Crippen LogP contribution in [0.4, 0.5) is 4.39 Å². The van der Waals surface area contributed by atoms with Crippen molar-refractivity contribution in [2.45, 2.75) is 6.54 Å². The second kappa shape index (κ2) is 5.60. The Labute approximate surface area is 109 Å². The first-order chi connectivity index (χ1) is 8.66. The van der Waals surface area contributed by atoms with Crippen LogP contribution in [0.25, 0.3) is 0 Å². The Kier molecular flexibility index (Phi) is 3.89. The molecule has 1 N–H and O–H groups in total. The summed E-state index contributed by atoms with van der Waals surface area (Å²) in [6.45, 7) is 0.275. The Bertz CT molecular complexity index is 574. The number of hydrogen-bond donors (Lipinski definition) is 1. The standard InChI is InChI=1S/C13H10ClFN2O/c14-10-5-2-1-4-9(10)8-16-13(18)11-6-3-7-12(15)17-11/h1-7H,8H2,(H,16,18). The summed E-state index contributed by atoms with van der Waals surface area (Å²) in [5.74, 6) is -1.12. The fourth-order valence-electron chi connectivity index (χ4n) is 1.44. The molecule has 0 bridgehead atoms. The lowest BCUT2D eigenvalue weighted by Crippen LogP contribution is -2.24. The highest BCUT2D eigenvalue weighted by Gasteiger charge is 2.08. The van der Waals surface area contributed by atoms with Crippen molar-refractivity contribution in [3.05, 3.63) is 64.7 Å². The first-order valence-electron chi connectivity index (χ1n) is 5.31. The quantitative estimate of drug-likeness (QED) is 0.866. The summed E-state index contributed by atoms with van der Waals surface area (Å²) in [6.07, 6.45) is 0. The molecule has 0 spiro atoms. The summed E-state index contributed by atoms with van der Waals surface area (Å²) in [5.41, 5.74) is 0.839. The topological polar surface area (TPSA) is 42.0 Å². The Balaban J connectivity index is 2.03. The molecule has 0 radical (unpaired) electrons. The molecule has 0 saturated carbocycles. The lowest BCUT2D eigenvalue weighted by molar-refractivity contribution is 0.0945. The van der Waals surface area contributed by atoms with E-state index in [0.29, 0.717) is 5.02 Å². The van der Waals surface area contributed by atoms with Crippen molar-refractivity contribution < 1.29 is 9.18 Å². The number of amides is 1. The van der Waals surface area contributed by atoms with Crippen LogP contribution >= 0.6 is 11.6 Å². The molecule has 18 heavy (non-hydrogen) atoms. The molecule has 3 nitrogen and oxygen atoms in total. The molecule has 0 aliphatic rings. The van der Waals surface area contributed by atoms with Crippen molar-refractivity contribution in [2.24, 2.45) is 0 Å². The highest BCUT2D eigenvalue weighted by Crippen LogP contribution is 2.14. The minimum atomic E-state index is -0.680. The van der Waals surface area contributed by atoms with Gasteiger partial charge >= 0.3 is 0 Å². The van der Waals surface area contributed by atoms with E-state index in [0.717, 1.165) is 5.56 Å². The fourth-order valence-corrected chi connectivity index (χ4v) is 1.65. The monoisotopic (exact) mass is 264 g/mol. The second-order valence-corrected chi connectivity index (χ2v) is 4.03. The van der Waals surface area contributed by atoms with E-state index in [1.807, 2.05) is 18.2 Å². The van der Waals surface area contributed by atoms with Gasteiger partial charge in [-0.1, -0.05) is 35.9 Å². The van der Waals surface area contributed by atoms with E-state index >= 15 is 0 Å². The zero-order valence-corrected chi connectivity index (χ0v) is 10.1. The van der Waals surface area contributed by atoms with Gasteiger partial charge in [-0.25, -0.2) is 4.98 Å². The summed E-state index contributed by atoms with van der Waals surface area (Å²) < 4.78 is 12.8. The summed E-state index contributed by atoms with van der Waals surface area (Å²) in [4.78, 5) is 15.2. The number of halogens is 2. The molecular formula is C13H10ClFN2O. The lowest BCUT2D eigenvalue weighted by atomic mass is 10.2. The molecule has 0 saturated heterocycles. The molecule has 5 heteroatoms. The first kappa shape index (κ1) is 12.5. The number of carbonyl (C=O) groups is 1. The van der Waals surface area contributed by atoms with E-state index in [-0.39, 0.29) is 12.2 Å². The number of pyridine rings is 1. The molecule has 0 aliphatic heterocycles. The van der Waals surface area contributed by atoms with Crippen molar-refractivity contribution in [3.8, 4) is 0 Å². The number of benzene rings is 1. The van der Waals surface area contributed by atoms with Gasteiger partial charge in [0.1, 0.15) is 5.69 Å². The predicted molar refractivity (Wildman–Crippen MR) is 66.8 cm³/mol. The molecule has 2 rings (SSSR count). The molecular weight excluding hydrogens is 255 g/mol. The van der Waals surface area contributed by atoms with Crippen LogP contribution in [0.3, 0.4) is 0 Å². The summed E-state index contributed by atoms with van der Waals surface area (Å²) in [6, 6.07) is 11.3. The Morgan fingerprint density at radius 1 is 1.22 bits per heavy atom. The van der Waals surface area contributed by atoms with E-state index in [1.165, 1.54) is 18.2 Å². The second-order valence-electron chi connectivity index (χ2n) is 3.62. The van der Waals surface area contributed by atoms with Gasteiger partial charge in [-0.2, -0.15) is 4.39 Å². The lowest BCUT2D eigenvalue weighted by Gasteiger charge is -2.06. The van der Waals surface area contributed by atoms with Gasteiger partial charge in [0.25, 0.3) is 5.91 Å². The van der Waals surface area contributed by atoms with Gasteiger partial charge in [-0.15, -0.1) is 0 Å². The van der Waals surface area contributed by atoms with Crippen LogP contribution in [0, 0.1) is 5.95 Å². The molecule has 1 aromatic carbocycles. The van der Waals surface area contributed by atoms with E-state index < -0.39 is 11.9 Å². The maximum absolute atomic E-state index is 12.8. The van der Waals surface area contributed by atoms with E-state index in [9.17, 15) is 9.18 Å². The van der Waals surface area contributed by atoms with Crippen LogP contribution in [0.5, 0.6) is 0 Å². The van der Waals surface area contributed by atoms with E-state index in [4.69, 9.17) is 11.6 Å². The van der Waals surface area contributed by atoms with Crippen LogP contribution in [-0.4, -0.2) is 10.9 Å². The van der Waals surface area contributed by atoms with Gasteiger partial charge in [-0.3, -0.25) is 4.79 Å². The number of hydrogen-bond acceptors (Lipinski definition) is 2. The third-order valence-corrected chi connectivity index (χ3v) is 2.71. The Morgan fingerprint density at radius 2 is 2.00 bits per heavy atom. The van der Waals surface area contributed by atoms with Crippen molar-refractivity contribution in [1.29, 1.82) is 0 Å². The van der Waals surface area contributed by atoms with E-state index in [1.54, 1.807) is 6.07 Å². The minimum absolute atomic E-state index is 0.0436. The normalized spacial score (nSPS) is 10.1. The molecule has 0 atom stereocenters. The van der Waals surface area contributed by atoms with Crippen LogP contribution in [0.1, 0.15) is 16.1 Å². The van der Waals surface area contributed by atoms with Crippen molar-refractivity contribution in [1.82, 2.24) is 10.3 Å². The van der Waals surface area contributed by atoms with E-state index in [2.05, 4.69) is 10.3 Å². The molecule has 0 aliphatic carbocycles. The average Bonchev–Trinajstić information content (AvgIpc) is 2.37. The number of aromatic nitrogens is 1. The van der Waals surface area contributed by atoms with Crippen molar-refractivity contribution in [3.63, 3.8) is 0 Å². The molecule has 92 valence electrons. The third-order valence-electron chi connectivity index (χ3n) is 2.34. The minimum Gasteiger partial charge on any atom is -0.347 e. The predicted octanol–water partition coefficient (Wildman–Crippen LogP) is 2.80. The summed E-state index contributed by atoms with van der Waals surface area (Å²) in [5, 5.41) is 3.20. The molecule has 0 unspecified atom stereocenters.